The van der Waals surface area contributed by atoms with E-state index < -0.39 is 0 Å². The zero-order valence-corrected chi connectivity index (χ0v) is 19.9. The summed E-state index contributed by atoms with van der Waals surface area (Å²) in [6, 6.07) is 19.9. The monoisotopic (exact) mass is 432 g/mol. The van der Waals surface area contributed by atoms with Crippen LogP contribution in [0.4, 0.5) is 0 Å². The van der Waals surface area contributed by atoms with Crippen molar-refractivity contribution in [3.63, 3.8) is 0 Å². The Labute approximate surface area is 197 Å². The summed E-state index contributed by atoms with van der Waals surface area (Å²) in [7, 11) is 0. The molecule has 0 unspecified atom stereocenters. The largest absolute Gasteiger partial charge is 0.313 e. The van der Waals surface area contributed by atoms with E-state index >= 15 is 0 Å². The molecule has 0 aliphatic rings. The molecule has 0 saturated heterocycles. The molecule has 2 aromatic carbocycles. The van der Waals surface area contributed by atoms with Crippen LogP contribution in [0.1, 0.15) is 48.2 Å². The SMILES string of the molecule is C=C/C=C(/C)c1c(C)n(-c2ccc(Cc3ccc(CC(=C)CC)cc3)cc2)c2ccncc12. The molecule has 0 bridgehead atoms. The third-order valence-electron chi connectivity index (χ3n) is 6.35. The second kappa shape index (κ2) is 9.87. The van der Waals surface area contributed by atoms with E-state index in [4.69, 9.17) is 0 Å². The first-order valence-corrected chi connectivity index (χ1v) is 11.6. The Bertz CT molecular complexity index is 1320. The molecule has 2 nitrogen and oxygen atoms in total. The quantitative estimate of drug-likeness (QED) is 0.204. The van der Waals surface area contributed by atoms with Crippen LogP contribution < -0.4 is 0 Å². The Morgan fingerprint density at radius 3 is 2.24 bits per heavy atom. The topological polar surface area (TPSA) is 17.8 Å². The van der Waals surface area contributed by atoms with Gasteiger partial charge in [0.05, 0.1) is 5.52 Å². The molecule has 0 spiro atoms. The molecule has 2 heterocycles. The molecule has 0 amide bonds. The van der Waals surface area contributed by atoms with Crippen molar-refractivity contribution in [2.75, 3.05) is 0 Å². The highest BCUT2D eigenvalue weighted by molar-refractivity contribution is 5.95. The van der Waals surface area contributed by atoms with Crippen molar-refractivity contribution in [3.8, 4) is 5.69 Å². The summed E-state index contributed by atoms with van der Waals surface area (Å²) in [4.78, 5) is 4.38. The van der Waals surface area contributed by atoms with E-state index in [1.165, 1.54) is 55.7 Å². The van der Waals surface area contributed by atoms with Gasteiger partial charge in [0.2, 0.25) is 0 Å². The van der Waals surface area contributed by atoms with Crippen molar-refractivity contribution in [1.82, 2.24) is 9.55 Å². The number of benzene rings is 2. The van der Waals surface area contributed by atoms with Crippen LogP contribution in [-0.2, 0) is 12.8 Å². The molecular weight excluding hydrogens is 400 g/mol. The highest BCUT2D eigenvalue weighted by Gasteiger charge is 2.16. The van der Waals surface area contributed by atoms with Crippen LogP contribution in [0.5, 0.6) is 0 Å². The van der Waals surface area contributed by atoms with Crippen molar-refractivity contribution in [2.24, 2.45) is 0 Å². The molecule has 0 aliphatic carbocycles. The van der Waals surface area contributed by atoms with E-state index in [0.717, 1.165) is 19.3 Å². The van der Waals surface area contributed by atoms with E-state index in [2.05, 4.69) is 104 Å². The lowest BCUT2D eigenvalue weighted by Crippen LogP contribution is -1.98. The Hall–Kier alpha value is -3.65. The molecule has 33 heavy (non-hydrogen) atoms. The first-order chi connectivity index (χ1) is 16.0. The molecule has 166 valence electrons. The van der Waals surface area contributed by atoms with E-state index in [9.17, 15) is 0 Å². The van der Waals surface area contributed by atoms with E-state index in [1.54, 1.807) is 0 Å². The van der Waals surface area contributed by atoms with Gasteiger partial charge in [-0.1, -0.05) is 74.2 Å². The molecule has 0 fully saturated rings. The predicted octanol–water partition coefficient (Wildman–Crippen LogP) is 8.02. The summed E-state index contributed by atoms with van der Waals surface area (Å²) in [5, 5.41) is 1.17. The minimum atomic E-state index is 0.928. The standard InChI is InChI=1S/C31H32N2/c1-6-8-23(4)31-24(5)33(30-17-18-32-21-29(30)31)28-15-13-27(14-16-28)20-26-11-9-25(10-12-26)19-22(3)7-2/h6,8-18,21H,1,3,7,19-20H2,2,4-5H3/b23-8-. The van der Waals surface area contributed by atoms with Crippen LogP contribution in [0.25, 0.3) is 22.2 Å². The lowest BCUT2D eigenvalue weighted by molar-refractivity contribution is 1.01. The van der Waals surface area contributed by atoms with Crippen molar-refractivity contribution in [3.05, 3.63) is 126 Å². The van der Waals surface area contributed by atoms with Gasteiger partial charge in [-0.2, -0.15) is 0 Å². The molecule has 0 aliphatic heterocycles. The number of pyridine rings is 1. The number of rotatable bonds is 8. The van der Waals surface area contributed by atoms with Gasteiger partial charge in [-0.3, -0.25) is 4.98 Å². The highest BCUT2D eigenvalue weighted by Crippen LogP contribution is 2.33. The molecule has 2 aromatic heterocycles. The van der Waals surface area contributed by atoms with Crippen molar-refractivity contribution < 1.29 is 0 Å². The lowest BCUT2D eigenvalue weighted by atomic mass is 10.00. The summed E-state index contributed by atoms with van der Waals surface area (Å²) in [5.41, 5.74) is 11.2. The number of nitrogens with zero attached hydrogens (tertiary/aromatic N) is 2. The third kappa shape index (κ3) is 4.75. The van der Waals surface area contributed by atoms with E-state index in [-0.39, 0.29) is 0 Å². The zero-order chi connectivity index (χ0) is 23.4. The zero-order valence-electron chi connectivity index (χ0n) is 19.9. The van der Waals surface area contributed by atoms with Crippen molar-refractivity contribution in [2.45, 2.75) is 40.0 Å². The Morgan fingerprint density at radius 2 is 1.61 bits per heavy atom. The van der Waals surface area contributed by atoms with Crippen molar-refractivity contribution >= 4 is 16.5 Å². The van der Waals surface area contributed by atoms with Crippen LogP contribution in [0.3, 0.4) is 0 Å². The van der Waals surface area contributed by atoms with Gasteiger partial charge >= 0.3 is 0 Å². The highest BCUT2D eigenvalue weighted by atomic mass is 15.0. The second-order valence-corrected chi connectivity index (χ2v) is 8.71. The molecule has 0 saturated carbocycles. The maximum Gasteiger partial charge on any atom is 0.0568 e. The Balaban J connectivity index is 1.61. The van der Waals surface area contributed by atoms with Gasteiger partial charge in [0.25, 0.3) is 0 Å². The summed E-state index contributed by atoms with van der Waals surface area (Å²) >= 11 is 0. The summed E-state index contributed by atoms with van der Waals surface area (Å²) < 4.78 is 2.33. The number of hydrogen-bond acceptors (Lipinski definition) is 1. The van der Waals surface area contributed by atoms with Gasteiger partial charge in [-0.25, -0.2) is 0 Å². The predicted molar refractivity (Wildman–Crippen MR) is 142 cm³/mol. The smallest absolute Gasteiger partial charge is 0.0568 e. The summed E-state index contributed by atoms with van der Waals surface area (Å²) in [6.07, 6.45) is 10.7. The van der Waals surface area contributed by atoms with Gasteiger partial charge in [0.15, 0.2) is 0 Å². The number of hydrogen-bond donors (Lipinski definition) is 0. The first-order valence-electron chi connectivity index (χ1n) is 11.6. The molecule has 0 radical (unpaired) electrons. The third-order valence-corrected chi connectivity index (χ3v) is 6.35. The maximum atomic E-state index is 4.38. The van der Waals surface area contributed by atoms with Crippen LogP contribution in [0, 0.1) is 6.92 Å². The Kier molecular flexibility index (Phi) is 6.74. The molecule has 4 aromatic rings. The fourth-order valence-corrected chi connectivity index (χ4v) is 4.54. The lowest BCUT2D eigenvalue weighted by Gasteiger charge is -2.11. The first kappa shape index (κ1) is 22.5. The van der Waals surface area contributed by atoms with E-state index in [0.29, 0.717) is 0 Å². The minimum Gasteiger partial charge on any atom is -0.313 e. The van der Waals surface area contributed by atoms with Crippen LogP contribution >= 0.6 is 0 Å². The van der Waals surface area contributed by atoms with Gasteiger partial charge in [0.1, 0.15) is 0 Å². The number of fused-ring (bicyclic) bond motifs is 1. The van der Waals surface area contributed by atoms with E-state index in [1.807, 2.05) is 18.5 Å². The number of aromatic nitrogens is 2. The fourth-order valence-electron chi connectivity index (χ4n) is 4.54. The molecule has 2 heteroatoms. The average Bonchev–Trinajstić information content (AvgIpc) is 3.12. The fraction of sp³-hybridized carbons (Fsp3) is 0.194. The van der Waals surface area contributed by atoms with Crippen LogP contribution in [-0.4, -0.2) is 9.55 Å². The second-order valence-electron chi connectivity index (χ2n) is 8.71. The number of allylic oxidation sites excluding steroid dienone is 4. The van der Waals surface area contributed by atoms with Gasteiger partial charge in [0, 0.05) is 34.7 Å². The van der Waals surface area contributed by atoms with Crippen molar-refractivity contribution in [1.29, 1.82) is 0 Å². The molecule has 4 rings (SSSR count). The summed E-state index contributed by atoms with van der Waals surface area (Å²) in [5.74, 6) is 0. The van der Waals surface area contributed by atoms with Gasteiger partial charge in [-0.05, 0) is 73.6 Å². The normalized spacial score (nSPS) is 11.7. The maximum absolute atomic E-state index is 4.38. The molecule has 0 N–H and O–H groups in total. The minimum absolute atomic E-state index is 0.928. The summed E-state index contributed by atoms with van der Waals surface area (Å²) in [6.45, 7) is 14.5. The Morgan fingerprint density at radius 1 is 0.970 bits per heavy atom. The molecular formula is C31H32N2. The van der Waals surface area contributed by atoms with Crippen LogP contribution in [0.15, 0.2) is 97.9 Å². The van der Waals surface area contributed by atoms with Crippen LogP contribution in [0.2, 0.25) is 0 Å². The average molecular weight is 433 g/mol. The van der Waals surface area contributed by atoms with Gasteiger partial charge < -0.3 is 4.57 Å². The van der Waals surface area contributed by atoms with Gasteiger partial charge in [-0.15, -0.1) is 0 Å². The molecule has 0 atom stereocenters.